The fourth-order valence-corrected chi connectivity index (χ4v) is 1.92. The van der Waals surface area contributed by atoms with Gasteiger partial charge in [0.2, 0.25) is 0 Å². The Morgan fingerprint density at radius 2 is 2.22 bits per heavy atom. The fraction of sp³-hybridized carbons (Fsp3) is 0.500. The lowest BCUT2D eigenvalue weighted by Gasteiger charge is -2.14. The Kier molecular flexibility index (Phi) is 4.12. The molecule has 1 amide bonds. The molecule has 18 heavy (non-hydrogen) atoms. The first-order chi connectivity index (χ1) is 8.56. The topological polar surface area (TPSA) is 38.3 Å². The van der Waals surface area contributed by atoms with Gasteiger partial charge in [0, 0.05) is 11.1 Å². The van der Waals surface area contributed by atoms with Crippen LogP contribution in [0.3, 0.4) is 0 Å². The summed E-state index contributed by atoms with van der Waals surface area (Å²) in [6.07, 6.45) is 2.17. The van der Waals surface area contributed by atoms with Gasteiger partial charge in [-0.05, 0) is 42.5 Å². The smallest absolute Gasteiger partial charge is 0.258 e. The number of amides is 1. The molecule has 0 aromatic heterocycles. The minimum Gasteiger partial charge on any atom is -0.483 e. The number of ether oxygens (including phenoxy) is 1. The molecule has 0 saturated heterocycles. The van der Waals surface area contributed by atoms with Crippen molar-refractivity contribution in [1.29, 1.82) is 0 Å². The summed E-state index contributed by atoms with van der Waals surface area (Å²) in [5.41, 5.74) is 1.03. The molecule has 0 spiro atoms. The van der Waals surface area contributed by atoms with Crippen molar-refractivity contribution in [1.82, 2.24) is 5.32 Å². The second kappa shape index (κ2) is 5.61. The van der Waals surface area contributed by atoms with E-state index in [2.05, 4.69) is 19.2 Å². The highest BCUT2D eigenvalue weighted by Gasteiger charge is 2.23. The van der Waals surface area contributed by atoms with Crippen LogP contribution in [0.2, 0.25) is 5.02 Å². The van der Waals surface area contributed by atoms with Crippen LogP contribution in [0, 0.1) is 0 Å². The molecule has 1 N–H and O–H groups in total. The van der Waals surface area contributed by atoms with Crippen LogP contribution in [-0.2, 0) is 4.79 Å². The summed E-state index contributed by atoms with van der Waals surface area (Å²) in [6.45, 7) is 4.21. The van der Waals surface area contributed by atoms with Gasteiger partial charge in [-0.2, -0.15) is 0 Å². The minimum atomic E-state index is -0.0536. The Bertz CT molecular complexity index is 441. The number of carbonyl (C=O) groups is 1. The van der Waals surface area contributed by atoms with Crippen molar-refractivity contribution >= 4 is 17.5 Å². The number of benzene rings is 1. The normalized spacial score (nSPS) is 14.7. The molecule has 1 aliphatic rings. The van der Waals surface area contributed by atoms with E-state index in [0.29, 0.717) is 17.0 Å². The van der Waals surface area contributed by atoms with Crippen LogP contribution >= 0.6 is 11.6 Å². The number of halogens is 1. The van der Waals surface area contributed by atoms with Gasteiger partial charge in [0.15, 0.2) is 6.61 Å². The summed E-state index contributed by atoms with van der Waals surface area (Å²) in [5, 5.41) is 3.58. The van der Waals surface area contributed by atoms with Crippen molar-refractivity contribution in [3.8, 4) is 5.75 Å². The molecule has 2 rings (SSSR count). The molecule has 0 radical (unpaired) electrons. The maximum atomic E-state index is 11.6. The van der Waals surface area contributed by atoms with Gasteiger partial charge in [-0.1, -0.05) is 25.4 Å². The lowest BCUT2D eigenvalue weighted by atomic mass is 10.0. The number of hydrogen-bond donors (Lipinski definition) is 1. The first kappa shape index (κ1) is 13.2. The van der Waals surface area contributed by atoms with E-state index in [1.165, 1.54) is 0 Å². The van der Waals surface area contributed by atoms with E-state index >= 15 is 0 Å². The monoisotopic (exact) mass is 267 g/mol. The standard InChI is InChI=1S/C14H18ClNO2/c1-9(2)12-7-10(15)3-6-13(12)18-8-14(17)16-11-4-5-11/h3,6-7,9,11H,4-5,8H2,1-2H3,(H,16,17). The third-order valence-electron chi connectivity index (χ3n) is 2.90. The van der Waals surface area contributed by atoms with Crippen molar-refractivity contribution in [3.63, 3.8) is 0 Å². The molecule has 1 saturated carbocycles. The summed E-state index contributed by atoms with van der Waals surface area (Å²) in [7, 11) is 0. The van der Waals surface area contributed by atoms with Gasteiger partial charge < -0.3 is 10.1 Å². The van der Waals surface area contributed by atoms with Gasteiger partial charge in [-0.15, -0.1) is 0 Å². The fourth-order valence-electron chi connectivity index (χ4n) is 1.74. The molecule has 3 nitrogen and oxygen atoms in total. The first-order valence-corrected chi connectivity index (χ1v) is 6.65. The van der Waals surface area contributed by atoms with E-state index in [9.17, 15) is 4.79 Å². The Morgan fingerprint density at radius 1 is 1.50 bits per heavy atom. The van der Waals surface area contributed by atoms with Gasteiger partial charge in [0.25, 0.3) is 5.91 Å². The Hall–Kier alpha value is -1.22. The average molecular weight is 268 g/mol. The molecule has 0 bridgehead atoms. The molecule has 0 heterocycles. The highest BCUT2D eigenvalue weighted by atomic mass is 35.5. The summed E-state index contributed by atoms with van der Waals surface area (Å²) in [5.74, 6) is 0.993. The highest BCUT2D eigenvalue weighted by molar-refractivity contribution is 6.30. The average Bonchev–Trinajstić information content (AvgIpc) is 3.11. The van der Waals surface area contributed by atoms with Crippen molar-refractivity contribution < 1.29 is 9.53 Å². The SMILES string of the molecule is CC(C)c1cc(Cl)ccc1OCC(=O)NC1CC1. The number of hydrogen-bond acceptors (Lipinski definition) is 2. The van der Waals surface area contributed by atoms with Crippen LogP contribution in [-0.4, -0.2) is 18.6 Å². The van der Waals surface area contributed by atoms with E-state index < -0.39 is 0 Å². The summed E-state index contributed by atoms with van der Waals surface area (Å²) < 4.78 is 5.57. The van der Waals surface area contributed by atoms with Gasteiger partial charge in [0.05, 0.1) is 0 Å². The third-order valence-corrected chi connectivity index (χ3v) is 3.13. The minimum absolute atomic E-state index is 0.0536. The Morgan fingerprint density at radius 3 is 2.83 bits per heavy atom. The Balaban J connectivity index is 1.96. The van der Waals surface area contributed by atoms with Crippen LogP contribution in [0.5, 0.6) is 5.75 Å². The second-order valence-corrected chi connectivity index (χ2v) is 5.40. The lowest BCUT2D eigenvalue weighted by Crippen LogP contribution is -2.30. The first-order valence-electron chi connectivity index (χ1n) is 6.28. The maximum absolute atomic E-state index is 11.6. The van der Waals surface area contributed by atoms with Gasteiger partial charge in [0.1, 0.15) is 5.75 Å². The van der Waals surface area contributed by atoms with Gasteiger partial charge in [-0.25, -0.2) is 0 Å². The molecule has 0 aliphatic heterocycles. The second-order valence-electron chi connectivity index (χ2n) is 4.97. The molecule has 1 aromatic carbocycles. The third kappa shape index (κ3) is 3.64. The van der Waals surface area contributed by atoms with E-state index in [-0.39, 0.29) is 12.5 Å². The van der Waals surface area contributed by atoms with Gasteiger partial charge in [-0.3, -0.25) is 4.79 Å². The number of nitrogens with one attached hydrogen (secondary N) is 1. The van der Waals surface area contributed by atoms with E-state index in [1.807, 2.05) is 12.1 Å². The van der Waals surface area contributed by atoms with E-state index in [0.717, 1.165) is 24.2 Å². The zero-order chi connectivity index (χ0) is 13.1. The zero-order valence-electron chi connectivity index (χ0n) is 10.7. The quantitative estimate of drug-likeness (QED) is 0.890. The van der Waals surface area contributed by atoms with Gasteiger partial charge >= 0.3 is 0 Å². The Labute approximate surface area is 112 Å². The largest absolute Gasteiger partial charge is 0.483 e. The summed E-state index contributed by atoms with van der Waals surface area (Å²) in [6, 6.07) is 5.86. The highest BCUT2D eigenvalue weighted by Crippen LogP contribution is 2.29. The predicted octanol–water partition coefficient (Wildman–Crippen LogP) is 3.12. The molecule has 98 valence electrons. The van der Waals surface area contributed by atoms with Crippen molar-refractivity contribution in [2.45, 2.75) is 38.6 Å². The summed E-state index contributed by atoms with van der Waals surface area (Å²) >= 11 is 5.97. The molecule has 4 heteroatoms. The zero-order valence-corrected chi connectivity index (χ0v) is 11.5. The molecule has 1 aromatic rings. The van der Waals surface area contributed by atoms with Crippen LogP contribution in [0.1, 0.15) is 38.2 Å². The van der Waals surface area contributed by atoms with E-state index in [4.69, 9.17) is 16.3 Å². The number of rotatable bonds is 5. The summed E-state index contributed by atoms with van der Waals surface area (Å²) in [4.78, 5) is 11.6. The molecule has 1 fully saturated rings. The van der Waals surface area contributed by atoms with E-state index in [1.54, 1.807) is 6.07 Å². The predicted molar refractivity (Wildman–Crippen MR) is 72.2 cm³/mol. The molecular weight excluding hydrogens is 250 g/mol. The van der Waals surface area contributed by atoms with Crippen LogP contribution in [0.15, 0.2) is 18.2 Å². The number of carbonyl (C=O) groups excluding carboxylic acids is 1. The lowest BCUT2D eigenvalue weighted by molar-refractivity contribution is -0.123. The van der Waals surface area contributed by atoms with Crippen molar-refractivity contribution in [3.05, 3.63) is 28.8 Å². The molecular formula is C14H18ClNO2. The van der Waals surface area contributed by atoms with Crippen molar-refractivity contribution in [2.75, 3.05) is 6.61 Å². The maximum Gasteiger partial charge on any atom is 0.258 e. The van der Waals surface area contributed by atoms with Crippen LogP contribution in [0.25, 0.3) is 0 Å². The molecule has 0 unspecified atom stereocenters. The molecule has 0 atom stereocenters. The van der Waals surface area contributed by atoms with Crippen LogP contribution in [0.4, 0.5) is 0 Å². The molecule has 1 aliphatic carbocycles. The van der Waals surface area contributed by atoms with Crippen molar-refractivity contribution in [2.24, 2.45) is 0 Å². The van der Waals surface area contributed by atoms with Crippen LogP contribution < -0.4 is 10.1 Å².